The van der Waals surface area contributed by atoms with Gasteiger partial charge in [-0.2, -0.15) is 0 Å². The maximum Gasteiger partial charge on any atom is 0.123 e. The van der Waals surface area contributed by atoms with Crippen LogP contribution in [0.25, 0.3) is 10.9 Å². The van der Waals surface area contributed by atoms with Crippen LogP contribution in [0.1, 0.15) is 18.1 Å². The largest absolute Gasteiger partial charge is 0.497 e. The molecule has 0 aliphatic heterocycles. The summed E-state index contributed by atoms with van der Waals surface area (Å²) in [4.78, 5) is 0. The van der Waals surface area contributed by atoms with Crippen LogP contribution in [0.15, 0.2) is 48.7 Å². The number of benzene rings is 2. The molecule has 0 unspecified atom stereocenters. The summed E-state index contributed by atoms with van der Waals surface area (Å²) in [6, 6.07) is 14.1. The van der Waals surface area contributed by atoms with Gasteiger partial charge in [0.25, 0.3) is 0 Å². The molecule has 0 aliphatic rings. The Balaban J connectivity index is 1.89. The van der Waals surface area contributed by atoms with Gasteiger partial charge in [0.2, 0.25) is 0 Å². The van der Waals surface area contributed by atoms with Gasteiger partial charge < -0.3 is 14.0 Å². The first-order chi connectivity index (χ1) is 10.7. The van der Waals surface area contributed by atoms with Gasteiger partial charge in [-0.15, -0.1) is 0 Å². The van der Waals surface area contributed by atoms with Crippen LogP contribution in [-0.2, 0) is 13.2 Å². The summed E-state index contributed by atoms with van der Waals surface area (Å²) >= 11 is 0. The zero-order valence-electron chi connectivity index (χ0n) is 13.3. The number of ether oxygens (including phenoxy) is 2. The van der Waals surface area contributed by atoms with E-state index in [1.54, 1.807) is 7.11 Å². The van der Waals surface area contributed by atoms with E-state index in [0.717, 1.165) is 18.0 Å². The molecule has 0 amide bonds. The van der Waals surface area contributed by atoms with Crippen LogP contribution in [-0.4, -0.2) is 11.7 Å². The number of fused-ring (bicyclic) bond motifs is 1. The van der Waals surface area contributed by atoms with Crippen molar-refractivity contribution >= 4 is 10.9 Å². The van der Waals surface area contributed by atoms with Crippen LogP contribution in [0.5, 0.6) is 11.5 Å². The fraction of sp³-hybridized carbons (Fsp3) is 0.263. The molecule has 0 saturated carbocycles. The molecule has 3 heteroatoms. The van der Waals surface area contributed by atoms with Gasteiger partial charge >= 0.3 is 0 Å². The fourth-order valence-electron chi connectivity index (χ4n) is 2.84. The molecule has 22 heavy (non-hydrogen) atoms. The first-order valence-corrected chi connectivity index (χ1v) is 7.57. The van der Waals surface area contributed by atoms with Crippen LogP contribution in [0.3, 0.4) is 0 Å². The Morgan fingerprint density at radius 3 is 2.59 bits per heavy atom. The highest BCUT2D eigenvalue weighted by atomic mass is 16.5. The quantitative estimate of drug-likeness (QED) is 0.689. The van der Waals surface area contributed by atoms with E-state index in [1.165, 1.54) is 22.0 Å². The zero-order valence-corrected chi connectivity index (χ0v) is 13.3. The van der Waals surface area contributed by atoms with Crippen molar-refractivity contribution in [1.29, 1.82) is 0 Å². The molecule has 2 aromatic carbocycles. The van der Waals surface area contributed by atoms with Crippen molar-refractivity contribution in [3.63, 3.8) is 0 Å². The highest BCUT2D eigenvalue weighted by Crippen LogP contribution is 2.26. The smallest absolute Gasteiger partial charge is 0.123 e. The van der Waals surface area contributed by atoms with Gasteiger partial charge in [0.05, 0.1) is 12.6 Å². The Kier molecular flexibility index (Phi) is 4.05. The summed E-state index contributed by atoms with van der Waals surface area (Å²) in [5, 5.41) is 1.27. The summed E-state index contributed by atoms with van der Waals surface area (Å²) in [6.07, 6.45) is 2.19. The molecule has 114 valence electrons. The van der Waals surface area contributed by atoms with E-state index in [2.05, 4.69) is 42.8 Å². The Bertz CT molecular complexity index is 789. The number of rotatable bonds is 5. The average Bonchev–Trinajstić information content (AvgIpc) is 2.92. The van der Waals surface area contributed by atoms with Crippen molar-refractivity contribution in [3.8, 4) is 11.5 Å². The molecular weight excluding hydrogens is 274 g/mol. The highest BCUT2D eigenvalue weighted by molar-refractivity contribution is 5.86. The van der Waals surface area contributed by atoms with Gasteiger partial charge in [-0.1, -0.05) is 24.3 Å². The SMILES string of the molecule is CCn1cc(COc2cccc(OC)c2)c2cccc(C)c21. The van der Waals surface area contributed by atoms with Gasteiger partial charge in [-0.25, -0.2) is 0 Å². The predicted molar refractivity (Wildman–Crippen MR) is 89.7 cm³/mol. The third-order valence-electron chi connectivity index (χ3n) is 3.96. The third kappa shape index (κ3) is 2.67. The lowest BCUT2D eigenvalue weighted by Gasteiger charge is -2.07. The lowest BCUT2D eigenvalue weighted by atomic mass is 10.1. The molecule has 3 nitrogen and oxygen atoms in total. The standard InChI is InChI=1S/C19H21NO2/c1-4-20-12-15(18-10-5-7-14(2)19(18)20)13-22-17-9-6-8-16(11-17)21-3/h5-12H,4,13H2,1-3H3. The predicted octanol–water partition coefficient (Wildman–Crippen LogP) is 4.56. The van der Waals surface area contributed by atoms with Gasteiger partial charge in [0, 0.05) is 29.8 Å². The van der Waals surface area contributed by atoms with Crippen molar-refractivity contribution in [1.82, 2.24) is 4.57 Å². The Hall–Kier alpha value is -2.42. The number of methoxy groups -OCH3 is 1. The van der Waals surface area contributed by atoms with Crippen molar-refractivity contribution in [2.24, 2.45) is 0 Å². The summed E-state index contributed by atoms with van der Waals surface area (Å²) in [5.41, 5.74) is 3.81. The molecule has 1 heterocycles. The second-order valence-electron chi connectivity index (χ2n) is 5.38. The van der Waals surface area contributed by atoms with Crippen molar-refractivity contribution in [3.05, 3.63) is 59.8 Å². The minimum Gasteiger partial charge on any atom is -0.497 e. The molecule has 0 bridgehead atoms. The van der Waals surface area contributed by atoms with Crippen molar-refractivity contribution < 1.29 is 9.47 Å². The normalized spacial score (nSPS) is 10.9. The van der Waals surface area contributed by atoms with Crippen molar-refractivity contribution in [2.45, 2.75) is 27.0 Å². The molecule has 0 atom stereocenters. The number of aromatic nitrogens is 1. The van der Waals surface area contributed by atoms with Gasteiger partial charge in [-0.05, 0) is 31.5 Å². The second-order valence-corrected chi connectivity index (χ2v) is 5.38. The fourth-order valence-corrected chi connectivity index (χ4v) is 2.84. The summed E-state index contributed by atoms with van der Waals surface area (Å²) in [5.74, 6) is 1.63. The lowest BCUT2D eigenvalue weighted by molar-refractivity contribution is 0.304. The first kappa shape index (κ1) is 14.5. The molecule has 0 fully saturated rings. The van der Waals surface area contributed by atoms with Crippen molar-refractivity contribution in [2.75, 3.05) is 7.11 Å². The lowest BCUT2D eigenvalue weighted by Crippen LogP contribution is -1.95. The summed E-state index contributed by atoms with van der Waals surface area (Å²) in [7, 11) is 1.66. The molecule has 0 spiro atoms. The van der Waals surface area contributed by atoms with E-state index in [-0.39, 0.29) is 0 Å². The third-order valence-corrected chi connectivity index (χ3v) is 3.96. The van der Waals surface area contributed by atoms with E-state index in [4.69, 9.17) is 9.47 Å². The Morgan fingerprint density at radius 2 is 1.82 bits per heavy atom. The van der Waals surface area contributed by atoms with E-state index >= 15 is 0 Å². The van der Waals surface area contributed by atoms with E-state index in [9.17, 15) is 0 Å². The highest BCUT2D eigenvalue weighted by Gasteiger charge is 2.10. The Labute approximate surface area is 131 Å². The monoisotopic (exact) mass is 295 g/mol. The van der Waals surface area contributed by atoms with Gasteiger partial charge in [0.1, 0.15) is 18.1 Å². The van der Waals surface area contributed by atoms with Crippen LogP contribution in [0.2, 0.25) is 0 Å². The minimum absolute atomic E-state index is 0.556. The summed E-state index contributed by atoms with van der Waals surface area (Å²) in [6.45, 7) is 5.83. The molecule has 0 saturated heterocycles. The van der Waals surface area contributed by atoms with E-state index < -0.39 is 0 Å². The van der Waals surface area contributed by atoms with Gasteiger partial charge in [-0.3, -0.25) is 0 Å². The number of hydrogen-bond donors (Lipinski definition) is 0. The van der Waals surface area contributed by atoms with Crippen LogP contribution >= 0.6 is 0 Å². The molecular formula is C19H21NO2. The van der Waals surface area contributed by atoms with Crippen LogP contribution in [0.4, 0.5) is 0 Å². The topological polar surface area (TPSA) is 23.4 Å². The van der Waals surface area contributed by atoms with E-state index in [1.807, 2.05) is 24.3 Å². The number of aryl methyl sites for hydroxylation is 2. The van der Waals surface area contributed by atoms with Crippen LogP contribution in [0, 0.1) is 6.92 Å². The minimum atomic E-state index is 0.556. The maximum atomic E-state index is 5.95. The number of hydrogen-bond acceptors (Lipinski definition) is 2. The zero-order chi connectivity index (χ0) is 15.5. The number of nitrogens with zero attached hydrogens (tertiary/aromatic N) is 1. The Morgan fingerprint density at radius 1 is 1.05 bits per heavy atom. The van der Waals surface area contributed by atoms with Crippen LogP contribution < -0.4 is 9.47 Å². The molecule has 1 aromatic heterocycles. The molecule has 3 rings (SSSR count). The molecule has 0 N–H and O–H groups in total. The maximum absolute atomic E-state index is 5.95. The summed E-state index contributed by atoms with van der Waals surface area (Å²) < 4.78 is 13.5. The number of para-hydroxylation sites is 1. The first-order valence-electron chi connectivity index (χ1n) is 7.57. The molecule has 0 aliphatic carbocycles. The second kappa shape index (κ2) is 6.14. The van der Waals surface area contributed by atoms with E-state index in [0.29, 0.717) is 6.61 Å². The molecule has 0 radical (unpaired) electrons. The molecule has 3 aromatic rings. The van der Waals surface area contributed by atoms with Gasteiger partial charge in [0.15, 0.2) is 0 Å². The average molecular weight is 295 g/mol.